The number of carbonyl (C=O) groups is 1. The van der Waals surface area contributed by atoms with Crippen LogP contribution < -0.4 is 21.9 Å². The highest BCUT2D eigenvalue weighted by molar-refractivity contribution is 6.30. The van der Waals surface area contributed by atoms with Crippen molar-refractivity contribution in [2.24, 2.45) is 18.7 Å². The molecule has 28 heavy (non-hydrogen) atoms. The third-order valence-corrected chi connectivity index (χ3v) is 5.11. The SMILES string of the molecule is C[C@@H]1CN(c2cccc(Cl)c2)c2nc3c(c(=O)n(CC(N)=O)c(=O)n3C)n2C1. The summed E-state index contributed by atoms with van der Waals surface area (Å²) in [6.45, 7) is 2.84. The number of hydrogen-bond donors (Lipinski definition) is 1. The molecule has 0 saturated carbocycles. The zero-order chi connectivity index (χ0) is 20.2. The van der Waals surface area contributed by atoms with Crippen LogP contribution in [0.3, 0.4) is 0 Å². The predicted molar refractivity (Wildman–Crippen MR) is 106 cm³/mol. The second-order valence-corrected chi connectivity index (χ2v) is 7.53. The molecule has 1 atom stereocenters. The number of aromatic nitrogens is 4. The molecule has 0 saturated heterocycles. The molecule has 1 aromatic carbocycles. The Hall–Kier alpha value is -3.07. The molecule has 0 spiro atoms. The summed E-state index contributed by atoms with van der Waals surface area (Å²) < 4.78 is 3.91. The monoisotopic (exact) mass is 402 g/mol. The van der Waals surface area contributed by atoms with Crippen molar-refractivity contribution in [3.05, 3.63) is 50.1 Å². The van der Waals surface area contributed by atoms with Gasteiger partial charge >= 0.3 is 5.69 Å². The van der Waals surface area contributed by atoms with Gasteiger partial charge in [-0.1, -0.05) is 24.6 Å². The number of nitrogens with zero attached hydrogens (tertiary/aromatic N) is 5. The van der Waals surface area contributed by atoms with E-state index >= 15 is 0 Å². The molecule has 3 heterocycles. The van der Waals surface area contributed by atoms with E-state index in [0.717, 1.165) is 10.3 Å². The first-order valence-corrected chi connectivity index (χ1v) is 9.17. The normalized spacial score (nSPS) is 16.4. The van der Waals surface area contributed by atoms with Crippen LogP contribution in [0.1, 0.15) is 6.92 Å². The summed E-state index contributed by atoms with van der Waals surface area (Å²) in [6, 6.07) is 7.37. The number of aryl methyl sites for hydroxylation is 1. The molecule has 0 bridgehead atoms. The number of anilines is 2. The highest BCUT2D eigenvalue weighted by Crippen LogP contribution is 2.33. The van der Waals surface area contributed by atoms with E-state index in [4.69, 9.17) is 17.3 Å². The summed E-state index contributed by atoms with van der Waals surface area (Å²) in [6.07, 6.45) is 0. The maximum absolute atomic E-state index is 13.0. The Labute approximate surface area is 164 Å². The number of imidazole rings is 1. The zero-order valence-corrected chi connectivity index (χ0v) is 16.2. The summed E-state index contributed by atoms with van der Waals surface area (Å²) in [5, 5.41) is 0.592. The minimum Gasteiger partial charge on any atom is -0.368 e. The smallest absolute Gasteiger partial charge is 0.332 e. The Bertz CT molecular complexity index is 1220. The van der Waals surface area contributed by atoms with Crippen molar-refractivity contribution in [1.29, 1.82) is 0 Å². The molecule has 10 heteroatoms. The van der Waals surface area contributed by atoms with E-state index in [9.17, 15) is 14.4 Å². The van der Waals surface area contributed by atoms with Crippen molar-refractivity contribution < 1.29 is 4.79 Å². The van der Waals surface area contributed by atoms with Crippen LogP contribution in [0, 0.1) is 5.92 Å². The second-order valence-electron chi connectivity index (χ2n) is 7.09. The van der Waals surface area contributed by atoms with Crippen molar-refractivity contribution in [3.8, 4) is 0 Å². The van der Waals surface area contributed by atoms with Crippen LogP contribution in [-0.4, -0.2) is 31.1 Å². The van der Waals surface area contributed by atoms with Crippen molar-refractivity contribution in [2.45, 2.75) is 20.0 Å². The minimum absolute atomic E-state index is 0.213. The van der Waals surface area contributed by atoms with Gasteiger partial charge in [-0.15, -0.1) is 0 Å². The Balaban J connectivity index is 2.02. The summed E-state index contributed by atoms with van der Waals surface area (Å²) in [5.41, 5.74) is 5.40. The lowest BCUT2D eigenvalue weighted by Crippen LogP contribution is -2.43. The Morgan fingerprint density at radius 1 is 1.32 bits per heavy atom. The van der Waals surface area contributed by atoms with Gasteiger partial charge in [0.25, 0.3) is 5.56 Å². The summed E-state index contributed by atoms with van der Waals surface area (Å²) in [7, 11) is 1.52. The van der Waals surface area contributed by atoms with Crippen molar-refractivity contribution in [1.82, 2.24) is 18.7 Å². The van der Waals surface area contributed by atoms with E-state index in [-0.39, 0.29) is 17.1 Å². The predicted octanol–water partition coefficient (Wildman–Crippen LogP) is 0.823. The van der Waals surface area contributed by atoms with Crippen LogP contribution in [-0.2, 0) is 24.9 Å². The van der Waals surface area contributed by atoms with E-state index in [0.29, 0.717) is 24.1 Å². The maximum atomic E-state index is 13.0. The number of fused-ring (bicyclic) bond motifs is 3. The summed E-state index contributed by atoms with van der Waals surface area (Å²) >= 11 is 6.15. The maximum Gasteiger partial charge on any atom is 0.332 e. The number of primary amides is 1. The van der Waals surface area contributed by atoms with E-state index in [1.54, 1.807) is 10.6 Å². The number of carbonyl (C=O) groups excluding carboxylic acids is 1. The van der Waals surface area contributed by atoms with Crippen LogP contribution in [0.15, 0.2) is 33.9 Å². The van der Waals surface area contributed by atoms with Crippen LogP contribution >= 0.6 is 11.6 Å². The third-order valence-electron chi connectivity index (χ3n) is 4.88. The average Bonchev–Trinajstić information content (AvgIpc) is 3.02. The molecule has 146 valence electrons. The van der Waals surface area contributed by atoms with Gasteiger partial charge in [0.15, 0.2) is 11.2 Å². The van der Waals surface area contributed by atoms with Gasteiger partial charge in [0.2, 0.25) is 11.9 Å². The fraction of sp³-hybridized carbons (Fsp3) is 0.333. The lowest BCUT2D eigenvalue weighted by Gasteiger charge is -2.33. The number of amides is 1. The second kappa shape index (κ2) is 6.52. The van der Waals surface area contributed by atoms with Crippen LogP contribution in [0.25, 0.3) is 11.2 Å². The van der Waals surface area contributed by atoms with Gasteiger partial charge in [-0.05, 0) is 24.1 Å². The Morgan fingerprint density at radius 2 is 2.07 bits per heavy atom. The van der Waals surface area contributed by atoms with E-state index < -0.39 is 23.7 Å². The number of halogens is 1. The van der Waals surface area contributed by atoms with Crippen LogP contribution in [0.4, 0.5) is 11.6 Å². The van der Waals surface area contributed by atoms with Crippen molar-refractivity contribution >= 4 is 40.3 Å². The van der Waals surface area contributed by atoms with Crippen molar-refractivity contribution in [2.75, 3.05) is 11.4 Å². The quantitative estimate of drug-likeness (QED) is 0.697. The standard InChI is InChI=1S/C18H19ClN6O3/c1-10-7-23(12-5-3-4-11(19)6-12)17-21-15-14(24(17)8-10)16(27)25(9-13(20)26)18(28)22(15)2/h3-6,10H,7-9H2,1-2H3,(H2,20,26)/t10-/m1/s1. The largest absolute Gasteiger partial charge is 0.368 e. The molecule has 0 unspecified atom stereocenters. The molecular weight excluding hydrogens is 384 g/mol. The van der Waals surface area contributed by atoms with E-state index in [2.05, 4.69) is 11.9 Å². The minimum atomic E-state index is -0.758. The number of benzene rings is 1. The molecule has 4 rings (SSSR count). The van der Waals surface area contributed by atoms with Crippen LogP contribution in [0.5, 0.6) is 0 Å². The van der Waals surface area contributed by atoms with Gasteiger partial charge < -0.3 is 15.2 Å². The first kappa shape index (κ1) is 18.3. The van der Waals surface area contributed by atoms with Gasteiger partial charge in [-0.2, -0.15) is 4.98 Å². The van der Waals surface area contributed by atoms with Gasteiger partial charge in [-0.3, -0.25) is 14.2 Å². The van der Waals surface area contributed by atoms with E-state index in [1.165, 1.54) is 11.6 Å². The highest BCUT2D eigenvalue weighted by Gasteiger charge is 2.30. The number of nitrogens with two attached hydrogens (primary N) is 1. The molecular formula is C18H19ClN6O3. The third kappa shape index (κ3) is 2.78. The topological polar surface area (TPSA) is 108 Å². The molecule has 3 aromatic rings. The van der Waals surface area contributed by atoms with E-state index in [1.807, 2.05) is 23.1 Å². The molecule has 1 amide bonds. The zero-order valence-electron chi connectivity index (χ0n) is 15.4. The average molecular weight is 403 g/mol. The first-order valence-electron chi connectivity index (χ1n) is 8.79. The molecule has 0 radical (unpaired) electrons. The fourth-order valence-corrected chi connectivity index (χ4v) is 3.85. The van der Waals surface area contributed by atoms with Crippen LogP contribution in [0.2, 0.25) is 5.02 Å². The fourth-order valence-electron chi connectivity index (χ4n) is 3.66. The highest BCUT2D eigenvalue weighted by atomic mass is 35.5. The summed E-state index contributed by atoms with van der Waals surface area (Å²) in [5.74, 6) is 0.00949. The van der Waals surface area contributed by atoms with Gasteiger partial charge in [0, 0.05) is 30.8 Å². The van der Waals surface area contributed by atoms with Crippen molar-refractivity contribution in [3.63, 3.8) is 0 Å². The molecule has 1 aliphatic rings. The molecule has 2 N–H and O–H groups in total. The molecule has 9 nitrogen and oxygen atoms in total. The molecule has 0 aliphatic carbocycles. The Kier molecular flexibility index (Phi) is 4.26. The number of rotatable bonds is 3. The molecule has 0 fully saturated rings. The molecule has 2 aromatic heterocycles. The summed E-state index contributed by atoms with van der Waals surface area (Å²) in [4.78, 5) is 43.5. The van der Waals surface area contributed by atoms with Gasteiger partial charge in [0.1, 0.15) is 6.54 Å². The number of hydrogen-bond acceptors (Lipinski definition) is 5. The van der Waals surface area contributed by atoms with Gasteiger partial charge in [-0.25, -0.2) is 9.36 Å². The van der Waals surface area contributed by atoms with Gasteiger partial charge in [0.05, 0.1) is 0 Å². The lowest BCUT2D eigenvalue weighted by atomic mass is 10.1. The first-order chi connectivity index (χ1) is 13.3. The molecule has 1 aliphatic heterocycles. The lowest BCUT2D eigenvalue weighted by molar-refractivity contribution is -0.118. The Morgan fingerprint density at radius 3 is 2.75 bits per heavy atom.